The van der Waals surface area contributed by atoms with Crippen molar-refractivity contribution in [2.45, 2.75) is 25.8 Å². The number of hydrogen-bond donors (Lipinski definition) is 2. The zero-order valence-electron chi connectivity index (χ0n) is 19.5. The molecule has 4 rings (SSSR count). The molecule has 8 heteroatoms. The van der Waals surface area contributed by atoms with Crippen molar-refractivity contribution in [2.24, 2.45) is 4.99 Å². The number of para-hydroxylation sites is 1. The van der Waals surface area contributed by atoms with Crippen molar-refractivity contribution in [1.29, 1.82) is 0 Å². The number of nitrogens with one attached hydrogen (secondary N) is 2. The average Bonchev–Trinajstić information content (AvgIpc) is 3.34. The fourth-order valence-corrected chi connectivity index (χ4v) is 4.43. The summed E-state index contributed by atoms with van der Waals surface area (Å²) < 4.78 is 10.9. The molecule has 2 aliphatic rings. The molecule has 2 N–H and O–H groups in total. The number of anilines is 2. The van der Waals surface area contributed by atoms with Crippen molar-refractivity contribution in [2.75, 3.05) is 38.0 Å². The second kappa shape index (κ2) is 8.61. The van der Waals surface area contributed by atoms with Crippen molar-refractivity contribution in [3.63, 3.8) is 0 Å². The molecule has 1 unspecified atom stereocenters. The summed E-state index contributed by atoms with van der Waals surface area (Å²) in [5.41, 5.74) is 2.99. The van der Waals surface area contributed by atoms with Crippen LogP contribution in [0, 0.1) is 0 Å². The van der Waals surface area contributed by atoms with Crippen molar-refractivity contribution >= 4 is 28.9 Å². The van der Waals surface area contributed by atoms with E-state index in [9.17, 15) is 9.59 Å². The number of Topliss-reactive ketones (excluding diaryl/α,β-unsaturated/α-hetero) is 1. The molecule has 0 aliphatic carbocycles. The summed E-state index contributed by atoms with van der Waals surface area (Å²) in [6.45, 7) is 3.37. The summed E-state index contributed by atoms with van der Waals surface area (Å²) in [5, 5.41) is 6.23. The van der Waals surface area contributed by atoms with E-state index in [1.54, 1.807) is 27.3 Å². The number of methoxy groups -OCH3 is 2. The Hall–Kier alpha value is -3.81. The van der Waals surface area contributed by atoms with Crippen molar-refractivity contribution in [3.8, 4) is 11.5 Å². The van der Waals surface area contributed by atoms with Gasteiger partial charge in [-0.2, -0.15) is 0 Å². The molecule has 172 valence electrons. The maximum absolute atomic E-state index is 14.0. The van der Waals surface area contributed by atoms with Crippen LogP contribution in [0.15, 0.2) is 58.7 Å². The summed E-state index contributed by atoms with van der Waals surface area (Å²) in [4.78, 5) is 32.2. The lowest BCUT2D eigenvalue weighted by molar-refractivity contribution is -0.120. The van der Waals surface area contributed by atoms with Gasteiger partial charge in [0.1, 0.15) is 22.9 Å². The lowest BCUT2D eigenvalue weighted by Crippen LogP contribution is -2.55. The Balaban J connectivity index is 1.89. The van der Waals surface area contributed by atoms with Gasteiger partial charge in [-0.25, -0.2) is 0 Å². The number of allylic oxidation sites excluding steroid dienone is 1. The van der Waals surface area contributed by atoms with Gasteiger partial charge in [-0.05, 0) is 18.6 Å². The molecule has 1 fully saturated rings. The second-order valence-electron chi connectivity index (χ2n) is 8.28. The number of amides is 1. The standard InChI is InChI=1S/C25H28N4O4/c1-15(30)27-14-25(2)23(31)22(21-10-16-8-6-7-9-20(16)28-21)24(26-3)29(25)17-11-18(32-4)13-19(12-17)33-5/h6-9,11-13,28H,10,14H2,1-5H3,(H,27,30). The van der Waals surface area contributed by atoms with Gasteiger partial charge in [0.25, 0.3) is 0 Å². The number of fused-ring (bicyclic) bond motifs is 1. The van der Waals surface area contributed by atoms with Gasteiger partial charge >= 0.3 is 0 Å². The maximum atomic E-state index is 14.0. The molecule has 0 spiro atoms. The smallest absolute Gasteiger partial charge is 0.216 e. The summed E-state index contributed by atoms with van der Waals surface area (Å²) in [7, 11) is 4.82. The lowest BCUT2D eigenvalue weighted by atomic mass is 9.93. The predicted molar refractivity (Wildman–Crippen MR) is 128 cm³/mol. The Morgan fingerprint density at radius 3 is 2.42 bits per heavy atom. The first-order chi connectivity index (χ1) is 15.8. The van der Waals surface area contributed by atoms with E-state index in [-0.39, 0.29) is 18.2 Å². The van der Waals surface area contributed by atoms with E-state index >= 15 is 0 Å². The van der Waals surface area contributed by atoms with Crippen LogP contribution < -0.4 is 25.0 Å². The van der Waals surface area contributed by atoms with Gasteiger partial charge in [0.05, 0.1) is 25.5 Å². The Labute approximate surface area is 193 Å². The number of nitrogens with zero attached hydrogens (tertiary/aromatic N) is 2. The van der Waals surface area contributed by atoms with Crippen LogP contribution in [0.3, 0.4) is 0 Å². The second-order valence-corrected chi connectivity index (χ2v) is 8.28. The van der Waals surface area contributed by atoms with Gasteiger partial charge in [0.15, 0.2) is 5.78 Å². The number of carbonyl (C=O) groups excluding carboxylic acids is 2. The zero-order chi connectivity index (χ0) is 23.8. The maximum Gasteiger partial charge on any atom is 0.216 e. The first-order valence-corrected chi connectivity index (χ1v) is 10.7. The number of ketones is 1. The van der Waals surface area contributed by atoms with Crippen LogP contribution >= 0.6 is 0 Å². The largest absolute Gasteiger partial charge is 0.497 e. The quantitative estimate of drug-likeness (QED) is 0.684. The highest BCUT2D eigenvalue weighted by atomic mass is 16.5. The molecule has 0 aromatic heterocycles. The normalized spacial score (nSPS) is 22.9. The highest BCUT2D eigenvalue weighted by Gasteiger charge is 2.53. The molecule has 0 bridgehead atoms. The highest BCUT2D eigenvalue weighted by molar-refractivity contribution is 6.38. The van der Waals surface area contributed by atoms with Crippen LogP contribution in [0.25, 0.3) is 0 Å². The molecule has 0 radical (unpaired) electrons. The van der Waals surface area contributed by atoms with E-state index in [0.29, 0.717) is 35.0 Å². The summed E-state index contributed by atoms with van der Waals surface area (Å²) in [6.07, 6.45) is 0.599. The third kappa shape index (κ3) is 3.82. The first-order valence-electron chi connectivity index (χ1n) is 10.7. The fraction of sp³-hybridized carbons (Fsp3) is 0.320. The molecule has 2 aliphatic heterocycles. The number of rotatable bonds is 5. The number of benzene rings is 2. The molecule has 2 aromatic rings. The van der Waals surface area contributed by atoms with Crippen LogP contribution in [0.2, 0.25) is 0 Å². The van der Waals surface area contributed by atoms with Gasteiger partial charge in [0, 0.05) is 56.5 Å². The van der Waals surface area contributed by atoms with Crippen LogP contribution in [-0.2, 0) is 16.0 Å². The Bertz CT molecular complexity index is 1140. The molecule has 33 heavy (non-hydrogen) atoms. The summed E-state index contributed by atoms with van der Waals surface area (Å²) in [6, 6.07) is 13.4. The Morgan fingerprint density at radius 2 is 1.85 bits per heavy atom. The summed E-state index contributed by atoms with van der Waals surface area (Å²) in [5.74, 6) is 1.37. The third-order valence-electron chi connectivity index (χ3n) is 6.10. The van der Waals surface area contributed by atoms with E-state index in [0.717, 1.165) is 16.9 Å². The number of aliphatic imine (C=N–C) groups is 1. The van der Waals surface area contributed by atoms with Crippen molar-refractivity contribution in [3.05, 3.63) is 59.3 Å². The zero-order valence-corrected chi connectivity index (χ0v) is 19.5. The van der Waals surface area contributed by atoms with E-state index in [4.69, 9.17) is 9.47 Å². The number of ether oxygens (including phenoxy) is 2. The number of hydrogen-bond acceptors (Lipinski definition) is 6. The number of carbonyl (C=O) groups is 2. The molecule has 2 aromatic carbocycles. The SMILES string of the molecule is CN=C1C(=C2Cc3ccccc3N2)C(=O)C(C)(CNC(C)=O)N1c1cc(OC)cc(OC)c1. The topological polar surface area (TPSA) is 92.3 Å². The number of amidine groups is 1. The Kier molecular flexibility index (Phi) is 5.84. The van der Waals surface area contributed by atoms with E-state index < -0.39 is 5.54 Å². The first kappa shape index (κ1) is 22.4. The minimum absolute atomic E-state index is 0.115. The fourth-order valence-electron chi connectivity index (χ4n) is 4.43. The Morgan fingerprint density at radius 1 is 1.18 bits per heavy atom. The monoisotopic (exact) mass is 448 g/mol. The van der Waals surface area contributed by atoms with Crippen LogP contribution in [-0.4, -0.2) is 50.9 Å². The predicted octanol–water partition coefficient (Wildman–Crippen LogP) is 2.94. The lowest BCUT2D eigenvalue weighted by Gasteiger charge is -2.35. The molecular formula is C25H28N4O4. The molecular weight excluding hydrogens is 420 g/mol. The van der Waals surface area contributed by atoms with Crippen LogP contribution in [0.1, 0.15) is 19.4 Å². The van der Waals surface area contributed by atoms with E-state index in [2.05, 4.69) is 15.6 Å². The van der Waals surface area contributed by atoms with Gasteiger partial charge in [0.2, 0.25) is 5.91 Å². The average molecular weight is 449 g/mol. The highest BCUT2D eigenvalue weighted by Crippen LogP contribution is 2.42. The van der Waals surface area contributed by atoms with E-state index in [1.807, 2.05) is 48.2 Å². The van der Waals surface area contributed by atoms with Crippen LogP contribution in [0.5, 0.6) is 11.5 Å². The van der Waals surface area contributed by atoms with E-state index in [1.165, 1.54) is 6.92 Å². The minimum Gasteiger partial charge on any atom is -0.497 e. The molecule has 0 saturated carbocycles. The minimum atomic E-state index is -1.10. The summed E-state index contributed by atoms with van der Waals surface area (Å²) >= 11 is 0. The molecule has 1 saturated heterocycles. The van der Waals surface area contributed by atoms with Gasteiger partial charge in [-0.15, -0.1) is 0 Å². The molecule has 1 atom stereocenters. The van der Waals surface area contributed by atoms with Gasteiger partial charge in [-0.3, -0.25) is 14.6 Å². The molecule has 2 heterocycles. The van der Waals surface area contributed by atoms with Crippen molar-refractivity contribution < 1.29 is 19.1 Å². The van der Waals surface area contributed by atoms with Crippen molar-refractivity contribution in [1.82, 2.24) is 5.32 Å². The molecule has 1 amide bonds. The van der Waals surface area contributed by atoms with Gasteiger partial charge in [-0.1, -0.05) is 18.2 Å². The van der Waals surface area contributed by atoms with Gasteiger partial charge < -0.3 is 25.0 Å². The molecule has 8 nitrogen and oxygen atoms in total. The third-order valence-corrected chi connectivity index (χ3v) is 6.10. The van der Waals surface area contributed by atoms with Crippen LogP contribution in [0.4, 0.5) is 11.4 Å².